The lowest BCUT2D eigenvalue weighted by molar-refractivity contribution is 0.187. The SMILES string of the molecule is CN(CCNC(=O)N(Cc1ccccc1)Cc1ccco1)c1ccccc1. The number of rotatable bonds is 8. The van der Waals surface area contributed by atoms with Crippen LogP contribution in [0.4, 0.5) is 10.5 Å². The van der Waals surface area contributed by atoms with E-state index in [2.05, 4.69) is 22.3 Å². The van der Waals surface area contributed by atoms with Gasteiger partial charge in [0.05, 0.1) is 12.8 Å². The van der Waals surface area contributed by atoms with Crippen molar-refractivity contribution in [1.82, 2.24) is 10.2 Å². The van der Waals surface area contributed by atoms with Gasteiger partial charge in [-0.15, -0.1) is 0 Å². The van der Waals surface area contributed by atoms with Crippen LogP contribution in [0, 0.1) is 0 Å². The first-order valence-corrected chi connectivity index (χ1v) is 9.07. The van der Waals surface area contributed by atoms with Crippen LogP contribution in [0.5, 0.6) is 0 Å². The Hall–Kier alpha value is -3.21. The van der Waals surface area contributed by atoms with Crippen molar-refractivity contribution in [3.8, 4) is 0 Å². The second-order valence-corrected chi connectivity index (χ2v) is 6.41. The molecule has 0 aliphatic heterocycles. The molecule has 1 aromatic heterocycles. The highest BCUT2D eigenvalue weighted by atomic mass is 16.3. The third kappa shape index (κ3) is 5.64. The molecule has 2 amide bonds. The molecule has 0 fully saturated rings. The Bertz CT molecular complexity index is 804. The highest BCUT2D eigenvalue weighted by Gasteiger charge is 2.15. The molecule has 3 rings (SSSR count). The van der Waals surface area contributed by atoms with Gasteiger partial charge in [0.15, 0.2) is 0 Å². The second-order valence-electron chi connectivity index (χ2n) is 6.41. The van der Waals surface area contributed by atoms with Gasteiger partial charge in [-0.2, -0.15) is 0 Å². The van der Waals surface area contributed by atoms with Crippen LogP contribution in [0.2, 0.25) is 0 Å². The first-order chi connectivity index (χ1) is 13.2. The minimum Gasteiger partial charge on any atom is -0.467 e. The molecular weight excluding hydrogens is 338 g/mol. The maximum Gasteiger partial charge on any atom is 0.318 e. The molecule has 3 aromatic rings. The van der Waals surface area contributed by atoms with Gasteiger partial charge in [0.1, 0.15) is 5.76 Å². The van der Waals surface area contributed by atoms with Crippen LogP contribution in [0.1, 0.15) is 11.3 Å². The Labute approximate surface area is 160 Å². The lowest BCUT2D eigenvalue weighted by atomic mass is 10.2. The van der Waals surface area contributed by atoms with Crippen LogP contribution in [0.15, 0.2) is 83.5 Å². The summed E-state index contributed by atoms with van der Waals surface area (Å²) in [6.07, 6.45) is 1.63. The molecule has 1 heterocycles. The molecule has 5 heteroatoms. The Kier molecular flexibility index (Phi) is 6.52. The smallest absolute Gasteiger partial charge is 0.318 e. The average molecular weight is 363 g/mol. The van der Waals surface area contributed by atoms with Crippen molar-refractivity contribution in [2.75, 3.05) is 25.0 Å². The zero-order valence-electron chi connectivity index (χ0n) is 15.5. The van der Waals surface area contributed by atoms with Crippen LogP contribution >= 0.6 is 0 Å². The van der Waals surface area contributed by atoms with Gasteiger partial charge in [0.2, 0.25) is 0 Å². The van der Waals surface area contributed by atoms with Gasteiger partial charge in [-0.3, -0.25) is 0 Å². The van der Waals surface area contributed by atoms with Gasteiger partial charge >= 0.3 is 6.03 Å². The minimum atomic E-state index is -0.100. The third-order valence-corrected chi connectivity index (χ3v) is 4.35. The number of anilines is 1. The number of hydrogen-bond donors (Lipinski definition) is 1. The van der Waals surface area contributed by atoms with E-state index in [4.69, 9.17) is 4.42 Å². The van der Waals surface area contributed by atoms with E-state index in [1.54, 1.807) is 11.2 Å². The predicted octanol–water partition coefficient (Wildman–Crippen LogP) is 4.13. The monoisotopic (exact) mass is 363 g/mol. The van der Waals surface area contributed by atoms with E-state index in [1.807, 2.05) is 67.7 Å². The fourth-order valence-electron chi connectivity index (χ4n) is 2.85. The number of carbonyl (C=O) groups excluding carboxylic acids is 1. The first-order valence-electron chi connectivity index (χ1n) is 9.07. The fraction of sp³-hybridized carbons (Fsp3) is 0.227. The molecule has 0 aliphatic rings. The average Bonchev–Trinajstić information content (AvgIpc) is 3.22. The van der Waals surface area contributed by atoms with Crippen molar-refractivity contribution in [2.24, 2.45) is 0 Å². The summed E-state index contributed by atoms with van der Waals surface area (Å²) in [5.74, 6) is 0.766. The van der Waals surface area contributed by atoms with Gasteiger partial charge in [0.25, 0.3) is 0 Å². The Balaban J connectivity index is 1.57. The Morgan fingerprint density at radius 2 is 1.63 bits per heavy atom. The normalized spacial score (nSPS) is 10.4. The van der Waals surface area contributed by atoms with Crippen molar-refractivity contribution in [1.29, 1.82) is 0 Å². The molecular formula is C22H25N3O2. The van der Waals surface area contributed by atoms with Crippen LogP contribution in [-0.2, 0) is 13.1 Å². The molecule has 0 bridgehead atoms. The lowest BCUT2D eigenvalue weighted by Crippen LogP contribution is -2.42. The molecule has 0 spiro atoms. The van der Waals surface area contributed by atoms with Crippen LogP contribution < -0.4 is 10.2 Å². The highest BCUT2D eigenvalue weighted by Crippen LogP contribution is 2.12. The van der Waals surface area contributed by atoms with E-state index in [-0.39, 0.29) is 6.03 Å². The molecule has 0 saturated carbocycles. The van der Waals surface area contributed by atoms with E-state index < -0.39 is 0 Å². The number of para-hydroxylation sites is 1. The van der Waals surface area contributed by atoms with Gasteiger partial charge in [-0.1, -0.05) is 48.5 Å². The number of hydrogen-bond acceptors (Lipinski definition) is 3. The summed E-state index contributed by atoms with van der Waals surface area (Å²) < 4.78 is 5.42. The number of nitrogens with one attached hydrogen (secondary N) is 1. The molecule has 1 N–H and O–H groups in total. The quantitative estimate of drug-likeness (QED) is 0.655. The van der Waals surface area contributed by atoms with Crippen molar-refractivity contribution in [3.05, 3.63) is 90.4 Å². The Morgan fingerprint density at radius 3 is 2.30 bits per heavy atom. The van der Waals surface area contributed by atoms with Crippen LogP contribution in [-0.4, -0.2) is 31.1 Å². The largest absolute Gasteiger partial charge is 0.467 e. The van der Waals surface area contributed by atoms with E-state index in [1.165, 1.54) is 0 Å². The maximum atomic E-state index is 12.7. The number of amides is 2. The molecule has 140 valence electrons. The van der Waals surface area contributed by atoms with Gasteiger partial charge < -0.3 is 19.5 Å². The van der Waals surface area contributed by atoms with Gasteiger partial charge in [-0.25, -0.2) is 4.79 Å². The number of furan rings is 1. The van der Waals surface area contributed by atoms with Gasteiger partial charge in [0, 0.05) is 32.4 Å². The highest BCUT2D eigenvalue weighted by molar-refractivity contribution is 5.74. The molecule has 0 radical (unpaired) electrons. The Morgan fingerprint density at radius 1 is 0.926 bits per heavy atom. The topological polar surface area (TPSA) is 48.7 Å². The number of nitrogens with zero attached hydrogens (tertiary/aromatic N) is 2. The maximum absolute atomic E-state index is 12.7. The molecule has 0 atom stereocenters. The second kappa shape index (κ2) is 9.48. The number of urea groups is 1. The zero-order chi connectivity index (χ0) is 18.9. The summed E-state index contributed by atoms with van der Waals surface area (Å²) in [6, 6.07) is 23.7. The first kappa shape index (κ1) is 18.6. The summed E-state index contributed by atoms with van der Waals surface area (Å²) in [6.45, 7) is 2.26. The summed E-state index contributed by atoms with van der Waals surface area (Å²) in [5.41, 5.74) is 2.21. The number of benzene rings is 2. The molecule has 27 heavy (non-hydrogen) atoms. The predicted molar refractivity (Wildman–Crippen MR) is 108 cm³/mol. The number of carbonyl (C=O) groups is 1. The number of likely N-dealkylation sites (N-methyl/N-ethyl adjacent to an activating group) is 1. The molecule has 5 nitrogen and oxygen atoms in total. The van der Waals surface area contributed by atoms with E-state index in [0.717, 1.165) is 23.6 Å². The zero-order valence-corrected chi connectivity index (χ0v) is 15.5. The van der Waals surface area contributed by atoms with E-state index >= 15 is 0 Å². The fourth-order valence-corrected chi connectivity index (χ4v) is 2.85. The molecule has 0 unspecified atom stereocenters. The van der Waals surface area contributed by atoms with Crippen LogP contribution in [0.3, 0.4) is 0 Å². The van der Waals surface area contributed by atoms with Gasteiger partial charge in [-0.05, 0) is 29.8 Å². The molecule has 2 aromatic carbocycles. The molecule has 0 saturated heterocycles. The van der Waals surface area contributed by atoms with Crippen molar-refractivity contribution in [3.63, 3.8) is 0 Å². The molecule has 0 aliphatic carbocycles. The minimum absolute atomic E-state index is 0.100. The third-order valence-electron chi connectivity index (χ3n) is 4.35. The lowest BCUT2D eigenvalue weighted by Gasteiger charge is -2.24. The van der Waals surface area contributed by atoms with Crippen molar-refractivity contribution >= 4 is 11.7 Å². The van der Waals surface area contributed by atoms with E-state index in [9.17, 15) is 4.79 Å². The van der Waals surface area contributed by atoms with Crippen molar-refractivity contribution in [2.45, 2.75) is 13.1 Å². The standard InChI is InChI=1S/C22H25N3O2/c1-24(20-11-6-3-7-12-20)15-14-23-22(26)25(18-21-13-8-16-27-21)17-19-9-4-2-5-10-19/h2-13,16H,14-15,17-18H2,1H3,(H,23,26). The summed E-state index contributed by atoms with van der Waals surface area (Å²) in [5, 5.41) is 3.02. The summed E-state index contributed by atoms with van der Waals surface area (Å²) in [7, 11) is 2.02. The van der Waals surface area contributed by atoms with Crippen LogP contribution in [0.25, 0.3) is 0 Å². The van der Waals surface area contributed by atoms with E-state index in [0.29, 0.717) is 19.6 Å². The summed E-state index contributed by atoms with van der Waals surface area (Å²) >= 11 is 0. The van der Waals surface area contributed by atoms with Crippen molar-refractivity contribution < 1.29 is 9.21 Å². The summed E-state index contributed by atoms with van der Waals surface area (Å²) in [4.78, 5) is 16.6.